The number of aryl methyl sites for hydroxylation is 1. The maximum Gasteiger partial charge on any atom is 0.368 e. The minimum atomic E-state index is -0.710. The molecule has 6 nitrogen and oxygen atoms in total. The van der Waals surface area contributed by atoms with Crippen LogP contribution in [0.15, 0.2) is 36.7 Å². The highest BCUT2D eigenvalue weighted by atomic mass is 32.1. The molecule has 0 aliphatic heterocycles. The molecule has 2 N–H and O–H groups in total. The molecule has 0 aliphatic carbocycles. The number of rotatable bonds is 3. The van der Waals surface area contributed by atoms with Crippen molar-refractivity contribution in [2.45, 2.75) is 6.92 Å². The van der Waals surface area contributed by atoms with E-state index in [1.54, 1.807) is 31.2 Å². The zero-order valence-corrected chi connectivity index (χ0v) is 11.4. The largest absolute Gasteiger partial charge is 0.618 e. The highest BCUT2D eigenvalue weighted by Crippen LogP contribution is 2.13. The highest BCUT2D eigenvalue weighted by molar-refractivity contribution is 7.80. The van der Waals surface area contributed by atoms with E-state index in [2.05, 4.69) is 4.98 Å². The number of carbonyl (C=O) groups excluding carboxylic acids is 1. The van der Waals surface area contributed by atoms with E-state index in [1.165, 1.54) is 6.20 Å². The molecule has 0 atom stereocenters. The van der Waals surface area contributed by atoms with Gasteiger partial charge in [0.05, 0.1) is 6.20 Å². The van der Waals surface area contributed by atoms with Crippen molar-refractivity contribution in [1.29, 1.82) is 0 Å². The van der Waals surface area contributed by atoms with Crippen LogP contribution in [-0.4, -0.2) is 15.9 Å². The Morgan fingerprint density at radius 2 is 2.05 bits per heavy atom. The van der Waals surface area contributed by atoms with E-state index < -0.39 is 5.97 Å². The lowest BCUT2D eigenvalue weighted by Gasteiger charge is -2.05. The molecule has 0 spiro atoms. The van der Waals surface area contributed by atoms with Crippen molar-refractivity contribution >= 4 is 23.2 Å². The van der Waals surface area contributed by atoms with Gasteiger partial charge in [-0.3, -0.25) is 0 Å². The van der Waals surface area contributed by atoms with Crippen molar-refractivity contribution in [3.63, 3.8) is 0 Å². The Kier molecular flexibility index (Phi) is 3.90. The summed E-state index contributed by atoms with van der Waals surface area (Å²) in [6.45, 7) is 1.59. The van der Waals surface area contributed by atoms with Gasteiger partial charge in [0.25, 0.3) is 0 Å². The molecule has 0 fully saturated rings. The van der Waals surface area contributed by atoms with Crippen molar-refractivity contribution in [1.82, 2.24) is 4.98 Å². The first-order valence-electron chi connectivity index (χ1n) is 5.65. The Morgan fingerprint density at radius 3 is 2.60 bits per heavy atom. The zero-order chi connectivity index (χ0) is 14.7. The van der Waals surface area contributed by atoms with Gasteiger partial charge in [0.15, 0.2) is 0 Å². The van der Waals surface area contributed by atoms with Crippen LogP contribution in [-0.2, 0) is 0 Å². The molecule has 0 amide bonds. The third-order valence-electron chi connectivity index (χ3n) is 2.54. The maximum atomic E-state index is 11.8. The van der Waals surface area contributed by atoms with Crippen molar-refractivity contribution in [3.8, 4) is 5.75 Å². The van der Waals surface area contributed by atoms with Crippen LogP contribution in [0.25, 0.3) is 0 Å². The van der Waals surface area contributed by atoms with Crippen LogP contribution in [0.3, 0.4) is 0 Å². The second-order valence-electron chi connectivity index (χ2n) is 4.02. The maximum absolute atomic E-state index is 11.8. The Labute approximate surface area is 120 Å². The fourth-order valence-corrected chi connectivity index (χ4v) is 1.55. The number of thiocarbonyl (C=S) groups is 1. The fourth-order valence-electron chi connectivity index (χ4n) is 1.42. The lowest BCUT2D eigenvalue weighted by molar-refractivity contribution is -0.613. The van der Waals surface area contributed by atoms with Crippen LogP contribution >= 0.6 is 12.2 Å². The minimum Gasteiger partial charge on any atom is -0.618 e. The summed E-state index contributed by atoms with van der Waals surface area (Å²) in [5, 5.41) is 11.4. The number of ether oxygens (including phenoxy) is 1. The number of nitrogens with zero attached hydrogens (tertiary/aromatic N) is 2. The van der Waals surface area contributed by atoms with E-state index in [1.807, 2.05) is 0 Å². The summed E-state index contributed by atoms with van der Waals surface area (Å²) in [6.07, 6.45) is 2.38. The van der Waals surface area contributed by atoms with Gasteiger partial charge >= 0.3 is 5.97 Å². The third-order valence-corrected chi connectivity index (χ3v) is 2.77. The highest BCUT2D eigenvalue weighted by Gasteiger charge is 2.15. The van der Waals surface area contributed by atoms with Crippen LogP contribution in [0.5, 0.6) is 5.75 Å². The molecule has 1 heterocycles. The van der Waals surface area contributed by atoms with Crippen LogP contribution in [0.1, 0.15) is 21.7 Å². The fraction of sp³-hybridized carbons (Fsp3) is 0.0769. The number of hydrogen-bond acceptors (Lipinski definition) is 5. The van der Waals surface area contributed by atoms with E-state index in [9.17, 15) is 10.0 Å². The van der Waals surface area contributed by atoms with E-state index >= 15 is 0 Å². The summed E-state index contributed by atoms with van der Waals surface area (Å²) >= 11 is 4.82. The predicted octanol–water partition coefficient (Wildman–Crippen LogP) is 0.877. The Bertz CT molecular complexity index is 671. The number of hydrogen-bond donors (Lipinski definition) is 1. The first kappa shape index (κ1) is 13.9. The minimum absolute atomic E-state index is 0.0657. The summed E-state index contributed by atoms with van der Waals surface area (Å²) in [6, 6.07) is 6.40. The average molecular weight is 289 g/mol. The molecule has 20 heavy (non-hydrogen) atoms. The molecule has 0 bridgehead atoms. The van der Waals surface area contributed by atoms with Crippen LogP contribution in [0.4, 0.5) is 0 Å². The molecule has 1 aromatic carbocycles. The molecule has 7 heteroatoms. The molecule has 2 aromatic rings. The van der Waals surface area contributed by atoms with Crippen LogP contribution in [0, 0.1) is 12.1 Å². The van der Waals surface area contributed by atoms with E-state index in [4.69, 9.17) is 22.7 Å². The molecular formula is C13H11N3O3S. The van der Waals surface area contributed by atoms with Gasteiger partial charge in [-0.25, -0.2) is 9.78 Å². The van der Waals surface area contributed by atoms with E-state index in [0.29, 0.717) is 21.7 Å². The topological polar surface area (TPSA) is 92.1 Å². The smallest absolute Gasteiger partial charge is 0.368 e. The Hall–Kier alpha value is -2.54. The van der Waals surface area contributed by atoms with Crippen LogP contribution in [0.2, 0.25) is 0 Å². The molecule has 102 valence electrons. The number of benzene rings is 1. The molecule has 0 unspecified atom stereocenters. The number of carbonyl (C=O) groups is 1. The van der Waals surface area contributed by atoms with Crippen molar-refractivity contribution in [2.75, 3.05) is 0 Å². The van der Waals surface area contributed by atoms with Crippen molar-refractivity contribution < 1.29 is 14.3 Å². The summed E-state index contributed by atoms with van der Waals surface area (Å²) in [7, 11) is 0. The Morgan fingerprint density at radius 1 is 1.40 bits per heavy atom. The number of aromatic nitrogens is 2. The third kappa shape index (κ3) is 3.07. The summed E-state index contributed by atoms with van der Waals surface area (Å²) in [5.41, 5.74) is 6.46. The molecule has 1 aromatic heterocycles. The average Bonchev–Trinajstić information content (AvgIpc) is 2.42. The quantitative estimate of drug-likeness (QED) is 0.296. The van der Waals surface area contributed by atoms with E-state index in [0.717, 1.165) is 6.20 Å². The lowest BCUT2D eigenvalue weighted by Crippen LogP contribution is -2.32. The van der Waals surface area contributed by atoms with Gasteiger partial charge < -0.3 is 15.7 Å². The van der Waals surface area contributed by atoms with Crippen LogP contribution < -0.4 is 15.2 Å². The number of nitrogens with two attached hydrogens (primary N) is 1. The monoisotopic (exact) mass is 289 g/mol. The SMILES string of the molecule is Cc1cnc(C(=O)Oc2ccc(C(N)=S)cc2)c[n+]1[O-]. The van der Waals surface area contributed by atoms with Gasteiger partial charge in [-0.2, -0.15) is 4.73 Å². The van der Waals surface area contributed by atoms with Gasteiger partial charge in [-0.15, -0.1) is 0 Å². The Balaban J connectivity index is 2.14. The van der Waals surface area contributed by atoms with Gasteiger partial charge in [0, 0.05) is 12.5 Å². The summed E-state index contributed by atoms with van der Waals surface area (Å²) in [5.74, 6) is -0.396. The number of esters is 1. The first-order valence-corrected chi connectivity index (χ1v) is 6.06. The van der Waals surface area contributed by atoms with Gasteiger partial charge in [0.1, 0.15) is 10.7 Å². The standard InChI is InChI=1S/C13H11N3O3S/c1-8-6-15-11(7-16(8)18)13(17)19-10-4-2-9(3-5-10)12(14)20/h2-7H,1H3,(H2,14,20). The molecular weight excluding hydrogens is 278 g/mol. The summed E-state index contributed by atoms with van der Waals surface area (Å²) < 4.78 is 5.65. The molecule has 0 saturated carbocycles. The molecule has 0 aliphatic rings. The lowest BCUT2D eigenvalue weighted by atomic mass is 10.2. The van der Waals surface area contributed by atoms with Crippen molar-refractivity contribution in [2.24, 2.45) is 5.73 Å². The van der Waals surface area contributed by atoms with Crippen molar-refractivity contribution in [3.05, 3.63) is 58.8 Å². The molecule has 0 radical (unpaired) electrons. The first-order chi connectivity index (χ1) is 9.47. The van der Waals surface area contributed by atoms with E-state index in [-0.39, 0.29) is 10.7 Å². The molecule has 0 saturated heterocycles. The van der Waals surface area contributed by atoms with Gasteiger partial charge in [-0.05, 0) is 24.3 Å². The van der Waals surface area contributed by atoms with Gasteiger partial charge in [0.2, 0.25) is 17.6 Å². The second-order valence-corrected chi connectivity index (χ2v) is 4.46. The normalized spacial score (nSPS) is 10.1. The summed E-state index contributed by atoms with van der Waals surface area (Å²) in [4.78, 5) is 15.9. The second kappa shape index (κ2) is 5.62. The molecule has 2 rings (SSSR count). The predicted molar refractivity (Wildman–Crippen MR) is 75.2 cm³/mol. The zero-order valence-electron chi connectivity index (χ0n) is 10.6. The van der Waals surface area contributed by atoms with Gasteiger partial charge in [-0.1, -0.05) is 12.2 Å².